The highest BCUT2D eigenvalue weighted by atomic mass is 16.5. The van der Waals surface area contributed by atoms with Crippen LogP contribution in [0.3, 0.4) is 0 Å². The lowest BCUT2D eigenvalue weighted by Crippen LogP contribution is -2.52. The van der Waals surface area contributed by atoms with E-state index in [0.29, 0.717) is 18.4 Å². The Labute approximate surface area is 109 Å². The molecule has 2 aliphatic rings. The van der Waals surface area contributed by atoms with Crippen molar-refractivity contribution in [3.63, 3.8) is 0 Å². The van der Waals surface area contributed by atoms with Gasteiger partial charge in [0, 0.05) is 13.2 Å². The summed E-state index contributed by atoms with van der Waals surface area (Å²) in [5, 5.41) is 0. The molecule has 2 rings (SSSR count). The van der Waals surface area contributed by atoms with E-state index in [9.17, 15) is 4.79 Å². The lowest BCUT2D eigenvalue weighted by molar-refractivity contribution is -0.154. The summed E-state index contributed by atoms with van der Waals surface area (Å²) in [6.45, 7) is 4.24. The fourth-order valence-electron chi connectivity index (χ4n) is 3.03. The van der Waals surface area contributed by atoms with Gasteiger partial charge < -0.3 is 15.2 Å². The quantitative estimate of drug-likeness (QED) is 0.782. The first-order chi connectivity index (χ1) is 8.60. The third kappa shape index (κ3) is 3.45. The van der Waals surface area contributed by atoms with Crippen molar-refractivity contribution in [2.75, 3.05) is 19.8 Å². The highest BCUT2D eigenvalue weighted by Crippen LogP contribution is 2.31. The van der Waals surface area contributed by atoms with Crippen LogP contribution in [0.25, 0.3) is 0 Å². The molecule has 1 saturated carbocycles. The smallest absolute Gasteiger partial charge is 0.326 e. The topological polar surface area (TPSA) is 61.6 Å². The van der Waals surface area contributed by atoms with Crippen molar-refractivity contribution in [3.05, 3.63) is 0 Å². The molecule has 2 unspecified atom stereocenters. The number of hydrogen-bond donors (Lipinski definition) is 1. The van der Waals surface area contributed by atoms with Crippen LogP contribution in [0.1, 0.15) is 45.4 Å². The zero-order valence-electron chi connectivity index (χ0n) is 11.3. The van der Waals surface area contributed by atoms with Crippen LogP contribution in [0.2, 0.25) is 0 Å². The first kappa shape index (κ1) is 13.8. The summed E-state index contributed by atoms with van der Waals surface area (Å²) in [5.41, 5.74) is 5.48. The van der Waals surface area contributed by atoms with E-state index in [0.717, 1.165) is 45.3 Å². The minimum atomic E-state index is -0.733. The molecule has 1 aliphatic heterocycles. The predicted molar refractivity (Wildman–Crippen MR) is 69.1 cm³/mol. The lowest BCUT2D eigenvalue weighted by Gasteiger charge is -2.35. The van der Waals surface area contributed by atoms with Crippen molar-refractivity contribution in [1.82, 2.24) is 0 Å². The van der Waals surface area contributed by atoms with E-state index in [1.54, 1.807) is 0 Å². The standard InChI is InChI=1S/C14H25NO3/c1-11-3-2-6-14(15,9-11)13(16)18-10-12-4-7-17-8-5-12/h11-12H,2-10,15H2,1H3. The molecule has 0 aromatic heterocycles. The zero-order chi connectivity index (χ0) is 13.0. The third-order valence-corrected chi connectivity index (χ3v) is 4.23. The molecule has 2 N–H and O–H groups in total. The number of rotatable bonds is 3. The first-order valence-corrected chi connectivity index (χ1v) is 7.14. The van der Waals surface area contributed by atoms with Crippen molar-refractivity contribution in [3.8, 4) is 0 Å². The highest BCUT2D eigenvalue weighted by molar-refractivity contribution is 5.80. The van der Waals surface area contributed by atoms with Crippen LogP contribution in [0.15, 0.2) is 0 Å². The van der Waals surface area contributed by atoms with Gasteiger partial charge in [-0.2, -0.15) is 0 Å². The van der Waals surface area contributed by atoms with E-state index in [1.807, 2.05) is 0 Å². The number of hydrogen-bond acceptors (Lipinski definition) is 4. The van der Waals surface area contributed by atoms with Crippen LogP contribution in [0.4, 0.5) is 0 Å². The maximum Gasteiger partial charge on any atom is 0.326 e. The maximum absolute atomic E-state index is 12.1. The average Bonchev–Trinajstić information content (AvgIpc) is 2.37. The molecule has 0 amide bonds. The molecule has 4 nitrogen and oxygen atoms in total. The van der Waals surface area contributed by atoms with Crippen LogP contribution in [0, 0.1) is 11.8 Å². The number of esters is 1. The van der Waals surface area contributed by atoms with Crippen molar-refractivity contribution < 1.29 is 14.3 Å². The normalized spacial score (nSPS) is 34.2. The highest BCUT2D eigenvalue weighted by Gasteiger charge is 2.39. The largest absolute Gasteiger partial charge is 0.464 e. The van der Waals surface area contributed by atoms with Gasteiger partial charge in [-0.05, 0) is 37.5 Å². The minimum Gasteiger partial charge on any atom is -0.464 e. The first-order valence-electron chi connectivity index (χ1n) is 7.14. The van der Waals surface area contributed by atoms with Gasteiger partial charge in [0.1, 0.15) is 5.54 Å². The Balaban J connectivity index is 1.79. The Hall–Kier alpha value is -0.610. The zero-order valence-corrected chi connectivity index (χ0v) is 11.3. The molecule has 1 heterocycles. The molecular weight excluding hydrogens is 230 g/mol. The Morgan fingerprint density at radius 3 is 2.78 bits per heavy atom. The Kier molecular flexibility index (Phi) is 4.62. The Morgan fingerprint density at radius 1 is 1.39 bits per heavy atom. The van der Waals surface area contributed by atoms with E-state index >= 15 is 0 Å². The molecule has 104 valence electrons. The molecule has 18 heavy (non-hydrogen) atoms. The fourth-order valence-corrected chi connectivity index (χ4v) is 3.03. The molecular formula is C14H25NO3. The average molecular weight is 255 g/mol. The lowest BCUT2D eigenvalue weighted by atomic mass is 9.77. The second kappa shape index (κ2) is 6.02. The maximum atomic E-state index is 12.1. The van der Waals surface area contributed by atoms with Crippen LogP contribution in [-0.2, 0) is 14.3 Å². The van der Waals surface area contributed by atoms with Gasteiger partial charge in [0.15, 0.2) is 0 Å². The molecule has 2 atom stereocenters. The van der Waals surface area contributed by atoms with Gasteiger partial charge in [-0.1, -0.05) is 19.8 Å². The summed E-state index contributed by atoms with van der Waals surface area (Å²) in [4.78, 5) is 12.1. The summed E-state index contributed by atoms with van der Waals surface area (Å²) < 4.78 is 10.7. The second-order valence-electron chi connectivity index (χ2n) is 6.01. The molecule has 0 spiro atoms. The fraction of sp³-hybridized carbons (Fsp3) is 0.929. The summed E-state index contributed by atoms with van der Waals surface area (Å²) in [7, 11) is 0. The summed E-state index contributed by atoms with van der Waals surface area (Å²) in [6.07, 6.45) is 5.71. The molecule has 0 radical (unpaired) electrons. The van der Waals surface area contributed by atoms with E-state index in [4.69, 9.17) is 15.2 Å². The van der Waals surface area contributed by atoms with Gasteiger partial charge >= 0.3 is 5.97 Å². The number of carbonyl (C=O) groups excluding carboxylic acids is 1. The van der Waals surface area contributed by atoms with E-state index in [1.165, 1.54) is 6.42 Å². The van der Waals surface area contributed by atoms with E-state index < -0.39 is 5.54 Å². The summed E-state index contributed by atoms with van der Waals surface area (Å²) in [5.74, 6) is 0.784. The summed E-state index contributed by atoms with van der Waals surface area (Å²) >= 11 is 0. The van der Waals surface area contributed by atoms with E-state index in [-0.39, 0.29) is 5.97 Å². The molecule has 1 aliphatic carbocycles. The van der Waals surface area contributed by atoms with Crippen molar-refractivity contribution in [2.24, 2.45) is 17.6 Å². The predicted octanol–water partition coefficient (Wildman–Crippen LogP) is 1.86. The number of ether oxygens (including phenoxy) is 2. The molecule has 4 heteroatoms. The third-order valence-electron chi connectivity index (χ3n) is 4.23. The Morgan fingerprint density at radius 2 is 2.11 bits per heavy atom. The van der Waals surface area contributed by atoms with Crippen LogP contribution in [0.5, 0.6) is 0 Å². The molecule has 2 fully saturated rings. The van der Waals surface area contributed by atoms with Gasteiger partial charge in [0.05, 0.1) is 6.61 Å². The molecule has 0 bridgehead atoms. The number of carbonyl (C=O) groups is 1. The van der Waals surface area contributed by atoms with Crippen LogP contribution >= 0.6 is 0 Å². The van der Waals surface area contributed by atoms with Gasteiger partial charge in [-0.3, -0.25) is 4.79 Å². The SMILES string of the molecule is CC1CCCC(N)(C(=O)OCC2CCOCC2)C1. The van der Waals surface area contributed by atoms with E-state index in [2.05, 4.69) is 6.92 Å². The molecule has 0 aromatic carbocycles. The second-order valence-corrected chi connectivity index (χ2v) is 6.01. The van der Waals surface area contributed by atoms with Crippen molar-refractivity contribution in [1.29, 1.82) is 0 Å². The van der Waals surface area contributed by atoms with Gasteiger partial charge in [0.25, 0.3) is 0 Å². The summed E-state index contributed by atoms with van der Waals surface area (Å²) in [6, 6.07) is 0. The van der Waals surface area contributed by atoms with Gasteiger partial charge in [-0.15, -0.1) is 0 Å². The van der Waals surface area contributed by atoms with Gasteiger partial charge in [-0.25, -0.2) is 0 Å². The van der Waals surface area contributed by atoms with Crippen LogP contribution < -0.4 is 5.73 Å². The van der Waals surface area contributed by atoms with Crippen LogP contribution in [-0.4, -0.2) is 31.3 Å². The molecule has 0 aromatic rings. The Bertz CT molecular complexity index is 289. The van der Waals surface area contributed by atoms with Crippen molar-refractivity contribution >= 4 is 5.97 Å². The molecule has 1 saturated heterocycles. The van der Waals surface area contributed by atoms with Crippen molar-refractivity contribution in [2.45, 2.75) is 51.0 Å². The monoisotopic (exact) mass is 255 g/mol. The van der Waals surface area contributed by atoms with Gasteiger partial charge in [0.2, 0.25) is 0 Å². The minimum absolute atomic E-state index is 0.194. The number of nitrogens with two attached hydrogens (primary N) is 1.